The highest BCUT2D eigenvalue weighted by molar-refractivity contribution is 5.41. The Labute approximate surface area is 85.1 Å². The Morgan fingerprint density at radius 2 is 2.14 bits per heavy atom. The lowest BCUT2D eigenvalue weighted by Crippen LogP contribution is -2.14. The molecular weight excluding hydrogens is 174 g/mol. The highest BCUT2D eigenvalue weighted by atomic mass is 16.5. The minimum atomic E-state index is 0.199. The fourth-order valence-electron chi connectivity index (χ4n) is 1.92. The number of hydrogen-bond acceptors (Lipinski definition) is 2. The standard InChI is InChI=1S/C12H17NO/c1-8-10(12(13)9-6-7-9)4-3-5-11(8)14-2/h3-5,9,12H,6-7,13H2,1-2H3. The second-order valence-corrected chi connectivity index (χ2v) is 4.04. The summed E-state index contributed by atoms with van der Waals surface area (Å²) in [5.74, 6) is 1.64. The Bertz CT molecular complexity index is 331. The van der Waals surface area contributed by atoms with Crippen molar-refractivity contribution in [3.8, 4) is 5.75 Å². The van der Waals surface area contributed by atoms with Gasteiger partial charge in [0.05, 0.1) is 7.11 Å². The van der Waals surface area contributed by atoms with Crippen molar-refractivity contribution in [1.29, 1.82) is 0 Å². The van der Waals surface area contributed by atoms with Crippen LogP contribution >= 0.6 is 0 Å². The smallest absolute Gasteiger partial charge is 0.122 e. The molecule has 0 amide bonds. The Balaban J connectivity index is 2.31. The van der Waals surface area contributed by atoms with Crippen molar-refractivity contribution in [2.24, 2.45) is 11.7 Å². The van der Waals surface area contributed by atoms with E-state index in [0.717, 1.165) is 5.75 Å². The van der Waals surface area contributed by atoms with Gasteiger partial charge in [0.15, 0.2) is 0 Å². The van der Waals surface area contributed by atoms with Crippen molar-refractivity contribution < 1.29 is 4.74 Å². The SMILES string of the molecule is COc1cccc(C(N)C2CC2)c1C. The summed E-state index contributed by atoms with van der Waals surface area (Å²) in [6.07, 6.45) is 2.55. The lowest BCUT2D eigenvalue weighted by atomic mass is 9.98. The van der Waals surface area contributed by atoms with Gasteiger partial charge in [-0.05, 0) is 42.9 Å². The van der Waals surface area contributed by atoms with Gasteiger partial charge < -0.3 is 10.5 Å². The molecule has 1 aliphatic carbocycles. The van der Waals surface area contributed by atoms with Crippen LogP contribution in [-0.2, 0) is 0 Å². The topological polar surface area (TPSA) is 35.2 Å². The molecule has 76 valence electrons. The van der Waals surface area contributed by atoms with E-state index >= 15 is 0 Å². The first-order valence-electron chi connectivity index (χ1n) is 5.13. The van der Waals surface area contributed by atoms with E-state index in [2.05, 4.69) is 13.0 Å². The fraction of sp³-hybridized carbons (Fsp3) is 0.500. The lowest BCUT2D eigenvalue weighted by molar-refractivity contribution is 0.410. The van der Waals surface area contributed by atoms with E-state index in [0.29, 0.717) is 5.92 Å². The average Bonchev–Trinajstić information content (AvgIpc) is 3.00. The van der Waals surface area contributed by atoms with Crippen LogP contribution in [0.5, 0.6) is 5.75 Å². The zero-order chi connectivity index (χ0) is 10.1. The van der Waals surface area contributed by atoms with Gasteiger partial charge in [-0.2, -0.15) is 0 Å². The molecule has 1 unspecified atom stereocenters. The van der Waals surface area contributed by atoms with E-state index in [1.54, 1.807) is 7.11 Å². The third kappa shape index (κ3) is 1.62. The largest absolute Gasteiger partial charge is 0.496 e. The first kappa shape index (κ1) is 9.53. The number of nitrogens with two attached hydrogens (primary N) is 1. The molecule has 0 heterocycles. The van der Waals surface area contributed by atoms with Crippen LogP contribution in [0, 0.1) is 12.8 Å². The van der Waals surface area contributed by atoms with Gasteiger partial charge in [0, 0.05) is 6.04 Å². The van der Waals surface area contributed by atoms with E-state index in [1.807, 2.05) is 12.1 Å². The Morgan fingerprint density at radius 1 is 1.43 bits per heavy atom. The maximum Gasteiger partial charge on any atom is 0.122 e. The predicted octanol–water partition coefficient (Wildman–Crippen LogP) is 2.41. The zero-order valence-electron chi connectivity index (χ0n) is 8.79. The molecule has 1 fully saturated rings. The second kappa shape index (κ2) is 3.62. The van der Waals surface area contributed by atoms with Gasteiger partial charge in [-0.1, -0.05) is 12.1 Å². The first-order valence-corrected chi connectivity index (χ1v) is 5.13. The molecule has 1 aromatic rings. The fourth-order valence-corrected chi connectivity index (χ4v) is 1.92. The molecule has 1 aliphatic rings. The summed E-state index contributed by atoms with van der Waals surface area (Å²) in [5.41, 5.74) is 8.60. The van der Waals surface area contributed by atoms with Gasteiger partial charge in [-0.25, -0.2) is 0 Å². The highest BCUT2D eigenvalue weighted by Gasteiger charge is 2.30. The van der Waals surface area contributed by atoms with Crippen molar-refractivity contribution in [2.75, 3.05) is 7.11 Å². The van der Waals surface area contributed by atoms with E-state index < -0.39 is 0 Å². The van der Waals surface area contributed by atoms with Crippen molar-refractivity contribution in [3.05, 3.63) is 29.3 Å². The summed E-state index contributed by atoms with van der Waals surface area (Å²) in [5, 5.41) is 0. The third-order valence-corrected chi connectivity index (χ3v) is 3.03. The average molecular weight is 191 g/mol. The number of rotatable bonds is 3. The molecule has 1 saturated carbocycles. The molecule has 0 aliphatic heterocycles. The molecular formula is C12H17NO. The van der Waals surface area contributed by atoms with Crippen LogP contribution in [0.2, 0.25) is 0 Å². The van der Waals surface area contributed by atoms with Crippen LogP contribution in [0.4, 0.5) is 0 Å². The van der Waals surface area contributed by atoms with Crippen LogP contribution in [0.25, 0.3) is 0 Å². The molecule has 0 radical (unpaired) electrons. The van der Waals surface area contributed by atoms with Crippen LogP contribution in [0.1, 0.15) is 30.0 Å². The van der Waals surface area contributed by atoms with Crippen LogP contribution < -0.4 is 10.5 Å². The summed E-state index contributed by atoms with van der Waals surface area (Å²) in [6.45, 7) is 2.08. The molecule has 14 heavy (non-hydrogen) atoms. The minimum absolute atomic E-state index is 0.199. The summed E-state index contributed by atoms with van der Waals surface area (Å²) in [6, 6.07) is 6.31. The molecule has 2 heteroatoms. The lowest BCUT2D eigenvalue weighted by Gasteiger charge is -2.15. The maximum absolute atomic E-state index is 6.17. The molecule has 1 atom stereocenters. The van der Waals surface area contributed by atoms with Gasteiger partial charge in [-0.15, -0.1) is 0 Å². The zero-order valence-corrected chi connectivity index (χ0v) is 8.79. The first-order chi connectivity index (χ1) is 6.74. The monoisotopic (exact) mass is 191 g/mol. The predicted molar refractivity (Wildman–Crippen MR) is 57.4 cm³/mol. The van der Waals surface area contributed by atoms with Crippen LogP contribution in [-0.4, -0.2) is 7.11 Å². The second-order valence-electron chi connectivity index (χ2n) is 4.04. The quantitative estimate of drug-likeness (QED) is 0.796. The van der Waals surface area contributed by atoms with Crippen molar-refractivity contribution >= 4 is 0 Å². The van der Waals surface area contributed by atoms with Crippen LogP contribution in [0.15, 0.2) is 18.2 Å². The van der Waals surface area contributed by atoms with Gasteiger partial charge >= 0.3 is 0 Å². The van der Waals surface area contributed by atoms with Crippen molar-refractivity contribution in [3.63, 3.8) is 0 Å². The number of ether oxygens (including phenoxy) is 1. The van der Waals surface area contributed by atoms with Gasteiger partial charge in [0.1, 0.15) is 5.75 Å². The number of hydrogen-bond donors (Lipinski definition) is 1. The summed E-state index contributed by atoms with van der Waals surface area (Å²) >= 11 is 0. The number of benzene rings is 1. The van der Waals surface area contributed by atoms with Crippen molar-refractivity contribution in [2.45, 2.75) is 25.8 Å². The molecule has 0 spiro atoms. The van der Waals surface area contributed by atoms with E-state index in [4.69, 9.17) is 10.5 Å². The van der Waals surface area contributed by atoms with E-state index in [9.17, 15) is 0 Å². The summed E-state index contributed by atoms with van der Waals surface area (Å²) in [4.78, 5) is 0. The number of methoxy groups -OCH3 is 1. The molecule has 2 rings (SSSR count). The molecule has 2 N–H and O–H groups in total. The van der Waals surface area contributed by atoms with Crippen LogP contribution in [0.3, 0.4) is 0 Å². The van der Waals surface area contributed by atoms with Gasteiger partial charge in [0.2, 0.25) is 0 Å². The summed E-state index contributed by atoms with van der Waals surface area (Å²) < 4.78 is 5.28. The minimum Gasteiger partial charge on any atom is -0.496 e. The van der Waals surface area contributed by atoms with Gasteiger partial charge in [0.25, 0.3) is 0 Å². The Kier molecular flexibility index (Phi) is 2.46. The molecule has 1 aromatic carbocycles. The maximum atomic E-state index is 6.17. The summed E-state index contributed by atoms with van der Waals surface area (Å²) in [7, 11) is 1.70. The Hall–Kier alpha value is -1.02. The molecule has 2 nitrogen and oxygen atoms in total. The Morgan fingerprint density at radius 3 is 2.71 bits per heavy atom. The molecule has 0 saturated heterocycles. The highest BCUT2D eigenvalue weighted by Crippen LogP contribution is 2.41. The van der Waals surface area contributed by atoms with E-state index in [-0.39, 0.29) is 6.04 Å². The molecule has 0 aromatic heterocycles. The van der Waals surface area contributed by atoms with E-state index in [1.165, 1.54) is 24.0 Å². The normalized spacial score (nSPS) is 17.9. The van der Waals surface area contributed by atoms with Gasteiger partial charge in [-0.3, -0.25) is 0 Å². The third-order valence-electron chi connectivity index (χ3n) is 3.03. The molecule has 0 bridgehead atoms. The van der Waals surface area contributed by atoms with Crippen molar-refractivity contribution in [1.82, 2.24) is 0 Å².